The van der Waals surface area contributed by atoms with Gasteiger partial charge in [0.25, 0.3) is 5.91 Å². The molecule has 1 fully saturated rings. The van der Waals surface area contributed by atoms with Crippen LogP contribution in [0, 0.1) is 0 Å². The summed E-state index contributed by atoms with van der Waals surface area (Å²) in [5.41, 5.74) is 1.46. The number of pyridine rings is 1. The predicted molar refractivity (Wildman–Crippen MR) is 89.3 cm³/mol. The van der Waals surface area contributed by atoms with E-state index in [1.807, 2.05) is 12.3 Å². The first-order valence-electron chi connectivity index (χ1n) is 8.24. The maximum atomic E-state index is 12.8. The van der Waals surface area contributed by atoms with Crippen LogP contribution in [0.25, 0.3) is 0 Å². The van der Waals surface area contributed by atoms with E-state index in [4.69, 9.17) is 9.72 Å². The van der Waals surface area contributed by atoms with Gasteiger partial charge in [0, 0.05) is 37.6 Å². The molecular weight excluding hydrogens is 306 g/mol. The zero-order valence-corrected chi connectivity index (χ0v) is 13.4. The van der Waals surface area contributed by atoms with Gasteiger partial charge in [0.2, 0.25) is 5.95 Å². The van der Waals surface area contributed by atoms with Crippen molar-refractivity contribution < 1.29 is 9.53 Å². The van der Waals surface area contributed by atoms with Gasteiger partial charge in [0.05, 0.1) is 13.2 Å². The second-order valence-corrected chi connectivity index (χ2v) is 5.89. The number of morpholine rings is 1. The summed E-state index contributed by atoms with van der Waals surface area (Å²) in [5.74, 6) is 1.27. The highest BCUT2D eigenvalue weighted by Crippen LogP contribution is 2.27. The van der Waals surface area contributed by atoms with E-state index in [1.54, 1.807) is 23.2 Å². The highest BCUT2D eigenvalue weighted by atomic mass is 16.5. The van der Waals surface area contributed by atoms with Crippen molar-refractivity contribution in [2.45, 2.75) is 12.8 Å². The number of fused-ring (bicyclic) bond motifs is 1. The maximum absolute atomic E-state index is 12.8. The number of hydrogen-bond acceptors (Lipinski definition) is 6. The fourth-order valence-corrected chi connectivity index (χ4v) is 3.07. The SMILES string of the molecule is O=C(c1ccccn1)N1CCCc2cnc(N3CCOCC3)nc21. The molecule has 0 spiro atoms. The van der Waals surface area contributed by atoms with Crippen molar-refractivity contribution >= 4 is 17.7 Å². The molecule has 2 aromatic heterocycles. The van der Waals surface area contributed by atoms with E-state index in [1.165, 1.54) is 0 Å². The Morgan fingerprint density at radius 3 is 2.79 bits per heavy atom. The van der Waals surface area contributed by atoms with Crippen molar-refractivity contribution in [3.05, 3.63) is 41.9 Å². The summed E-state index contributed by atoms with van der Waals surface area (Å²) in [7, 11) is 0. The van der Waals surface area contributed by atoms with Crippen LogP contribution in [0.5, 0.6) is 0 Å². The zero-order chi connectivity index (χ0) is 16.4. The third kappa shape index (κ3) is 2.82. The molecule has 0 N–H and O–H groups in total. The van der Waals surface area contributed by atoms with Crippen molar-refractivity contribution in [2.75, 3.05) is 42.6 Å². The molecule has 0 unspecified atom stereocenters. The highest BCUT2D eigenvalue weighted by molar-refractivity contribution is 6.04. The number of aryl methyl sites for hydroxylation is 1. The quantitative estimate of drug-likeness (QED) is 0.829. The Morgan fingerprint density at radius 2 is 2.00 bits per heavy atom. The van der Waals surface area contributed by atoms with E-state index < -0.39 is 0 Å². The average Bonchev–Trinajstić information content (AvgIpc) is 2.68. The van der Waals surface area contributed by atoms with E-state index in [9.17, 15) is 4.79 Å². The van der Waals surface area contributed by atoms with Crippen LogP contribution < -0.4 is 9.80 Å². The molecule has 2 aromatic rings. The van der Waals surface area contributed by atoms with Crippen LogP contribution in [-0.4, -0.2) is 53.7 Å². The zero-order valence-electron chi connectivity index (χ0n) is 13.4. The summed E-state index contributed by atoms with van der Waals surface area (Å²) in [6.07, 6.45) is 5.29. The summed E-state index contributed by atoms with van der Waals surface area (Å²) >= 11 is 0. The second kappa shape index (κ2) is 6.52. The molecule has 24 heavy (non-hydrogen) atoms. The Labute approximate surface area is 140 Å². The van der Waals surface area contributed by atoms with E-state index in [0.717, 1.165) is 31.5 Å². The second-order valence-electron chi connectivity index (χ2n) is 5.89. The fraction of sp³-hybridized carbons (Fsp3) is 0.412. The summed E-state index contributed by atoms with van der Waals surface area (Å²) < 4.78 is 5.38. The van der Waals surface area contributed by atoms with Crippen LogP contribution >= 0.6 is 0 Å². The van der Waals surface area contributed by atoms with Crippen LogP contribution in [0.4, 0.5) is 11.8 Å². The predicted octanol–water partition coefficient (Wildman–Crippen LogP) is 1.30. The largest absolute Gasteiger partial charge is 0.378 e. The number of nitrogens with zero attached hydrogens (tertiary/aromatic N) is 5. The minimum absolute atomic E-state index is 0.108. The van der Waals surface area contributed by atoms with Crippen molar-refractivity contribution in [2.24, 2.45) is 0 Å². The minimum atomic E-state index is -0.108. The summed E-state index contributed by atoms with van der Waals surface area (Å²) in [4.78, 5) is 30.0. The van der Waals surface area contributed by atoms with Crippen LogP contribution in [0.2, 0.25) is 0 Å². The smallest absolute Gasteiger partial charge is 0.278 e. The number of carbonyl (C=O) groups excluding carboxylic acids is 1. The Kier molecular flexibility index (Phi) is 4.08. The molecule has 1 saturated heterocycles. The lowest BCUT2D eigenvalue weighted by Crippen LogP contribution is -2.40. The molecule has 0 bridgehead atoms. The van der Waals surface area contributed by atoms with Gasteiger partial charge in [-0.25, -0.2) is 4.98 Å². The molecule has 2 aliphatic rings. The number of carbonyl (C=O) groups is 1. The molecule has 7 heteroatoms. The lowest BCUT2D eigenvalue weighted by Gasteiger charge is -2.31. The Morgan fingerprint density at radius 1 is 1.12 bits per heavy atom. The average molecular weight is 325 g/mol. The van der Waals surface area contributed by atoms with E-state index >= 15 is 0 Å². The molecule has 0 aromatic carbocycles. The molecule has 0 atom stereocenters. The normalized spacial score (nSPS) is 17.5. The van der Waals surface area contributed by atoms with Crippen molar-refractivity contribution in [3.8, 4) is 0 Å². The van der Waals surface area contributed by atoms with Crippen LogP contribution in [0.3, 0.4) is 0 Å². The first-order chi connectivity index (χ1) is 11.8. The molecule has 7 nitrogen and oxygen atoms in total. The molecular formula is C17H19N5O2. The van der Waals surface area contributed by atoms with Gasteiger partial charge in [-0.2, -0.15) is 4.98 Å². The van der Waals surface area contributed by atoms with Gasteiger partial charge in [-0.3, -0.25) is 14.7 Å². The molecule has 0 aliphatic carbocycles. The topological polar surface area (TPSA) is 71.5 Å². The third-order valence-electron chi connectivity index (χ3n) is 4.34. The number of aromatic nitrogens is 3. The minimum Gasteiger partial charge on any atom is -0.378 e. The molecule has 124 valence electrons. The number of ether oxygens (including phenoxy) is 1. The van der Waals surface area contributed by atoms with Crippen LogP contribution in [0.15, 0.2) is 30.6 Å². The Bertz CT molecular complexity index is 731. The molecule has 4 heterocycles. The van der Waals surface area contributed by atoms with Gasteiger partial charge in [-0.1, -0.05) is 6.07 Å². The highest BCUT2D eigenvalue weighted by Gasteiger charge is 2.27. The number of amides is 1. The van der Waals surface area contributed by atoms with E-state index in [2.05, 4.69) is 14.9 Å². The molecule has 0 radical (unpaired) electrons. The first kappa shape index (κ1) is 15.0. The van der Waals surface area contributed by atoms with Gasteiger partial charge in [-0.05, 0) is 25.0 Å². The monoisotopic (exact) mass is 325 g/mol. The first-order valence-corrected chi connectivity index (χ1v) is 8.24. The summed E-state index contributed by atoms with van der Waals surface area (Å²) in [6.45, 7) is 3.55. The molecule has 2 aliphatic heterocycles. The van der Waals surface area contributed by atoms with Gasteiger partial charge >= 0.3 is 0 Å². The van der Waals surface area contributed by atoms with Crippen LogP contribution in [0.1, 0.15) is 22.5 Å². The third-order valence-corrected chi connectivity index (χ3v) is 4.34. The Balaban J connectivity index is 1.66. The summed E-state index contributed by atoms with van der Waals surface area (Å²) in [5, 5.41) is 0. The molecule has 4 rings (SSSR count). The van der Waals surface area contributed by atoms with Gasteiger partial charge in [0.15, 0.2) is 0 Å². The van der Waals surface area contributed by atoms with E-state index in [0.29, 0.717) is 37.2 Å². The standard InChI is InChI=1S/C17H19N5O2/c23-16(14-5-1-2-6-18-14)22-7-3-4-13-12-19-17(20-15(13)22)21-8-10-24-11-9-21/h1-2,5-6,12H,3-4,7-11H2. The van der Waals surface area contributed by atoms with Crippen molar-refractivity contribution in [1.82, 2.24) is 15.0 Å². The maximum Gasteiger partial charge on any atom is 0.278 e. The number of anilines is 2. The van der Waals surface area contributed by atoms with Crippen molar-refractivity contribution in [1.29, 1.82) is 0 Å². The van der Waals surface area contributed by atoms with Gasteiger partial charge in [-0.15, -0.1) is 0 Å². The Hall–Kier alpha value is -2.54. The van der Waals surface area contributed by atoms with Crippen LogP contribution in [-0.2, 0) is 11.2 Å². The number of hydrogen-bond donors (Lipinski definition) is 0. The molecule has 1 amide bonds. The number of rotatable bonds is 2. The van der Waals surface area contributed by atoms with E-state index in [-0.39, 0.29) is 5.91 Å². The van der Waals surface area contributed by atoms with Gasteiger partial charge in [0.1, 0.15) is 11.5 Å². The van der Waals surface area contributed by atoms with Crippen molar-refractivity contribution in [3.63, 3.8) is 0 Å². The fourth-order valence-electron chi connectivity index (χ4n) is 3.07. The summed E-state index contributed by atoms with van der Waals surface area (Å²) in [6, 6.07) is 5.37. The van der Waals surface area contributed by atoms with Gasteiger partial charge < -0.3 is 9.64 Å². The molecule has 0 saturated carbocycles. The lowest BCUT2D eigenvalue weighted by atomic mass is 10.1. The lowest BCUT2D eigenvalue weighted by molar-refractivity contribution is 0.0979.